The number of methoxy groups -OCH3 is 1. The van der Waals surface area contributed by atoms with Crippen molar-refractivity contribution < 1.29 is 13.2 Å². The van der Waals surface area contributed by atoms with Crippen LogP contribution in [-0.2, 0) is 10.0 Å². The zero-order valence-electron chi connectivity index (χ0n) is 15.6. The number of nitrogens with zero attached hydrogens (tertiary/aromatic N) is 4. The Labute approximate surface area is 154 Å². The van der Waals surface area contributed by atoms with Gasteiger partial charge >= 0.3 is 0 Å². The molecule has 0 spiro atoms. The molecule has 26 heavy (non-hydrogen) atoms. The lowest BCUT2D eigenvalue weighted by Gasteiger charge is -2.35. The van der Waals surface area contributed by atoms with E-state index in [1.54, 1.807) is 23.5 Å². The molecule has 1 aromatic heterocycles. The number of hydrogen-bond donors (Lipinski definition) is 0. The minimum atomic E-state index is -3.49. The summed E-state index contributed by atoms with van der Waals surface area (Å²) in [4.78, 5) is 11.1. The minimum Gasteiger partial charge on any atom is -0.481 e. The summed E-state index contributed by atoms with van der Waals surface area (Å²) in [6.07, 6.45) is 0. The maximum absolute atomic E-state index is 13.0. The van der Waals surface area contributed by atoms with E-state index >= 15 is 0 Å². The first kappa shape index (κ1) is 18.6. The Morgan fingerprint density at radius 2 is 1.69 bits per heavy atom. The molecule has 0 aliphatic carbocycles. The summed E-state index contributed by atoms with van der Waals surface area (Å²) in [5.74, 6) is 1.90. The van der Waals surface area contributed by atoms with Crippen LogP contribution in [0.3, 0.4) is 0 Å². The highest BCUT2D eigenvalue weighted by atomic mass is 32.2. The molecule has 1 saturated heterocycles. The number of sulfonamides is 1. The molecule has 1 aromatic carbocycles. The highest BCUT2D eigenvalue weighted by Crippen LogP contribution is 2.24. The molecule has 0 atom stereocenters. The van der Waals surface area contributed by atoms with Crippen LogP contribution in [0.4, 0.5) is 5.82 Å². The number of aromatic nitrogens is 2. The molecule has 2 heterocycles. The van der Waals surface area contributed by atoms with Gasteiger partial charge in [0, 0.05) is 32.2 Å². The zero-order valence-corrected chi connectivity index (χ0v) is 16.4. The molecule has 0 radical (unpaired) electrons. The molecule has 3 rings (SSSR count). The summed E-state index contributed by atoms with van der Waals surface area (Å²) in [7, 11) is -1.92. The molecule has 0 amide bonds. The second kappa shape index (κ2) is 7.20. The van der Waals surface area contributed by atoms with Gasteiger partial charge in [0.1, 0.15) is 11.6 Å². The fourth-order valence-corrected chi connectivity index (χ4v) is 4.81. The first-order chi connectivity index (χ1) is 12.3. The largest absolute Gasteiger partial charge is 0.481 e. The smallest absolute Gasteiger partial charge is 0.243 e. The predicted octanol–water partition coefficient (Wildman–Crippen LogP) is 1.92. The van der Waals surface area contributed by atoms with Crippen molar-refractivity contribution in [1.82, 2.24) is 14.3 Å². The van der Waals surface area contributed by atoms with Gasteiger partial charge in [0.15, 0.2) is 0 Å². The summed E-state index contributed by atoms with van der Waals surface area (Å²) in [6.45, 7) is 7.53. The number of ether oxygens (including phenoxy) is 1. The lowest BCUT2D eigenvalue weighted by molar-refractivity contribution is 0.380. The third-order valence-electron chi connectivity index (χ3n) is 4.53. The number of aryl methyl sites for hydroxylation is 3. The topological polar surface area (TPSA) is 75.6 Å². The van der Waals surface area contributed by atoms with Crippen molar-refractivity contribution in [2.24, 2.45) is 0 Å². The van der Waals surface area contributed by atoms with Gasteiger partial charge in [0.05, 0.1) is 12.0 Å². The Bertz CT molecular complexity index is 907. The van der Waals surface area contributed by atoms with Crippen molar-refractivity contribution in [1.29, 1.82) is 0 Å². The van der Waals surface area contributed by atoms with Crippen molar-refractivity contribution >= 4 is 15.8 Å². The van der Waals surface area contributed by atoms with E-state index in [1.807, 2.05) is 32.9 Å². The number of benzene rings is 1. The van der Waals surface area contributed by atoms with Gasteiger partial charge in [-0.25, -0.2) is 13.4 Å². The van der Waals surface area contributed by atoms with E-state index in [9.17, 15) is 8.42 Å². The minimum absolute atomic E-state index is 0.394. The number of hydrogen-bond acceptors (Lipinski definition) is 6. The maximum Gasteiger partial charge on any atom is 0.243 e. The summed E-state index contributed by atoms with van der Waals surface area (Å²) >= 11 is 0. The van der Waals surface area contributed by atoms with Crippen molar-refractivity contribution in [2.75, 3.05) is 38.2 Å². The lowest BCUT2D eigenvalue weighted by Crippen LogP contribution is -2.49. The Morgan fingerprint density at radius 1 is 1.00 bits per heavy atom. The summed E-state index contributed by atoms with van der Waals surface area (Å²) in [5.41, 5.74) is 1.71. The maximum atomic E-state index is 13.0. The Hall–Kier alpha value is -2.19. The molecule has 1 aliphatic heterocycles. The van der Waals surface area contributed by atoms with Crippen LogP contribution < -0.4 is 9.64 Å². The van der Waals surface area contributed by atoms with E-state index in [1.165, 1.54) is 0 Å². The molecule has 8 heteroatoms. The third-order valence-corrected chi connectivity index (χ3v) is 6.57. The Kier molecular flexibility index (Phi) is 5.15. The van der Waals surface area contributed by atoms with Crippen LogP contribution >= 0.6 is 0 Å². The Morgan fingerprint density at radius 3 is 2.35 bits per heavy atom. The molecule has 1 fully saturated rings. The van der Waals surface area contributed by atoms with E-state index in [0.717, 1.165) is 16.9 Å². The normalized spacial score (nSPS) is 15.9. The monoisotopic (exact) mass is 376 g/mol. The van der Waals surface area contributed by atoms with E-state index in [2.05, 4.69) is 14.9 Å². The van der Waals surface area contributed by atoms with Crippen LogP contribution in [-0.4, -0.2) is 56.0 Å². The molecule has 0 unspecified atom stereocenters. The third kappa shape index (κ3) is 3.66. The fourth-order valence-electron chi connectivity index (χ4n) is 3.07. The second-order valence-electron chi connectivity index (χ2n) is 6.48. The number of piperazine rings is 1. The van der Waals surface area contributed by atoms with Crippen LogP contribution in [0.1, 0.15) is 17.0 Å². The van der Waals surface area contributed by atoms with Crippen LogP contribution in [0.2, 0.25) is 0 Å². The fraction of sp³-hybridized carbons (Fsp3) is 0.444. The molecule has 7 nitrogen and oxygen atoms in total. The average molecular weight is 376 g/mol. The number of anilines is 1. The molecular formula is C18H24N4O3S. The van der Waals surface area contributed by atoms with E-state index < -0.39 is 10.0 Å². The van der Waals surface area contributed by atoms with E-state index in [-0.39, 0.29) is 0 Å². The SMILES string of the molecule is COc1cc(N2CCN(S(=O)(=O)c3cc(C)ccc3C)CC2)nc(C)n1. The van der Waals surface area contributed by atoms with Gasteiger partial charge in [0.25, 0.3) is 0 Å². The van der Waals surface area contributed by atoms with Gasteiger partial charge in [-0.05, 0) is 38.0 Å². The highest BCUT2D eigenvalue weighted by Gasteiger charge is 2.30. The lowest BCUT2D eigenvalue weighted by atomic mass is 10.2. The molecule has 1 aliphatic rings. The van der Waals surface area contributed by atoms with Gasteiger partial charge in [-0.1, -0.05) is 12.1 Å². The summed E-state index contributed by atoms with van der Waals surface area (Å²) in [5, 5.41) is 0. The highest BCUT2D eigenvalue weighted by molar-refractivity contribution is 7.89. The van der Waals surface area contributed by atoms with Crippen molar-refractivity contribution in [2.45, 2.75) is 25.7 Å². The number of rotatable bonds is 4. The Balaban J connectivity index is 1.78. The van der Waals surface area contributed by atoms with Crippen LogP contribution in [0.5, 0.6) is 5.88 Å². The van der Waals surface area contributed by atoms with Gasteiger partial charge in [-0.15, -0.1) is 0 Å². The van der Waals surface area contributed by atoms with Crippen molar-refractivity contribution in [3.8, 4) is 5.88 Å². The van der Waals surface area contributed by atoms with Gasteiger partial charge in [-0.3, -0.25) is 0 Å². The van der Waals surface area contributed by atoms with Crippen LogP contribution in [0, 0.1) is 20.8 Å². The first-order valence-electron chi connectivity index (χ1n) is 8.53. The van der Waals surface area contributed by atoms with E-state index in [4.69, 9.17) is 4.74 Å². The predicted molar refractivity (Wildman–Crippen MR) is 100 cm³/mol. The standard InChI is InChI=1S/C18H24N4O3S/c1-13-5-6-14(2)16(11-13)26(23,24)22-9-7-21(8-10-22)17-12-18(25-4)20-15(3)19-17/h5-6,11-12H,7-10H2,1-4H3. The van der Waals surface area contributed by atoms with Crippen molar-refractivity contribution in [3.63, 3.8) is 0 Å². The molecular weight excluding hydrogens is 352 g/mol. The van der Waals surface area contributed by atoms with Gasteiger partial charge in [0.2, 0.25) is 15.9 Å². The van der Waals surface area contributed by atoms with Gasteiger partial charge < -0.3 is 9.64 Å². The molecule has 0 N–H and O–H groups in total. The second-order valence-corrected chi connectivity index (χ2v) is 8.38. The van der Waals surface area contributed by atoms with Crippen LogP contribution in [0.25, 0.3) is 0 Å². The van der Waals surface area contributed by atoms with Crippen LogP contribution in [0.15, 0.2) is 29.2 Å². The molecule has 0 bridgehead atoms. The molecule has 0 saturated carbocycles. The average Bonchev–Trinajstić information content (AvgIpc) is 2.63. The van der Waals surface area contributed by atoms with Crippen molar-refractivity contribution in [3.05, 3.63) is 41.2 Å². The van der Waals surface area contributed by atoms with Gasteiger partial charge in [-0.2, -0.15) is 9.29 Å². The summed E-state index contributed by atoms with van der Waals surface area (Å²) < 4.78 is 32.8. The first-order valence-corrected chi connectivity index (χ1v) is 9.97. The zero-order chi connectivity index (χ0) is 18.9. The van der Waals surface area contributed by atoms with E-state index in [0.29, 0.717) is 42.8 Å². The molecule has 140 valence electrons. The quantitative estimate of drug-likeness (QED) is 0.812. The molecule has 2 aromatic rings. The summed E-state index contributed by atoms with van der Waals surface area (Å²) in [6, 6.07) is 7.31.